The van der Waals surface area contributed by atoms with Crippen LogP contribution in [-0.4, -0.2) is 18.0 Å². The first-order valence-electron chi connectivity index (χ1n) is 4.37. The minimum atomic E-state index is 0.587. The first-order valence-corrected chi connectivity index (χ1v) is 4.75. The average Bonchev–Trinajstić information content (AvgIpc) is 2.17. The molecule has 0 unspecified atom stereocenters. The summed E-state index contributed by atoms with van der Waals surface area (Å²) in [7, 11) is 0. The monoisotopic (exact) mass is 213 g/mol. The molecule has 0 radical (unpaired) electrons. The fraction of sp³-hybridized carbons (Fsp3) is 0.300. The third-order valence-corrected chi connectivity index (χ3v) is 1.87. The first kappa shape index (κ1) is 10.9. The lowest BCUT2D eigenvalue weighted by Gasteiger charge is -2.07. The molecule has 0 aliphatic heterocycles. The largest absolute Gasteiger partial charge is 0.493 e. The molecule has 1 N–H and O–H groups in total. The van der Waals surface area contributed by atoms with Gasteiger partial charge in [-0.05, 0) is 24.6 Å². The highest BCUT2D eigenvalue weighted by Crippen LogP contribution is 2.21. The zero-order valence-electron chi connectivity index (χ0n) is 7.90. The molecule has 3 nitrogen and oxygen atoms in total. The van der Waals surface area contributed by atoms with Crippen LogP contribution in [0.25, 0.3) is 0 Å². The number of hydrogen-bond acceptors (Lipinski definition) is 3. The lowest BCUT2D eigenvalue weighted by atomic mass is 10.2. The predicted molar refractivity (Wildman–Crippen MR) is 56.6 cm³/mol. The summed E-state index contributed by atoms with van der Waals surface area (Å²) in [6.07, 6.45) is 2.23. The van der Waals surface area contributed by atoms with Gasteiger partial charge in [0.2, 0.25) is 0 Å². The summed E-state index contributed by atoms with van der Waals surface area (Å²) in [5.74, 6) is 0.675. The van der Waals surface area contributed by atoms with Crippen LogP contribution in [0.1, 0.15) is 18.9 Å². The van der Waals surface area contributed by atoms with E-state index in [4.69, 9.17) is 21.5 Å². The fourth-order valence-electron chi connectivity index (χ4n) is 1.03. The van der Waals surface area contributed by atoms with Crippen molar-refractivity contribution < 1.29 is 9.94 Å². The number of ether oxygens (including phenoxy) is 1. The molecular formula is C10H12ClNO2. The number of halogens is 1. The molecule has 0 amide bonds. The van der Waals surface area contributed by atoms with Crippen LogP contribution in [0.2, 0.25) is 5.02 Å². The van der Waals surface area contributed by atoms with Crippen LogP contribution in [0.4, 0.5) is 0 Å². The van der Waals surface area contributed by atoms with Gasteiger partial charge in [0.1, 0.15) is 5.75 Å². The summed E-state index contributed by atoms with van der Waals surface area (Å²) in [6, 6.07) is 5.18. The van der Waals surface area contributed by atoms with Gasteiger partial charge in [0, 0.05) is 10.6 Å². The van der Waals surface area contributed by atoms with Crippen LogP contribution in [0.15, 0.2) is 23.4 Å². The smallest absolute Gasteiger partial charge is 0.128 e. The number of oxime groups is 1. The Kier molecular flexibility index (Phi) is 4.26. The van der Waals surface area contributed by atoms with E-state index in [1.165, 1.54) is 6.21 Å². The third-order valence-electron chi connectivity index (χ3n) is 1.63. The summed E-state index contributed by atoms with van der Waals surface area (Å²) >= 11 is 5.79. The number of hydrogen-bond donors (Lipinski definition) is 1. The highest BCUT2D eigenvalue weighted by Gasteiger charge is 2.02. The third kappa shape index (κ3) is 2.92. The molecule has 14 heavy (non-hydrogen) atoms. The standard InChI is InChI=1S/C10H12ClNO2/c1-2-5-14-10-4-3-9(11)6-8(10)7-12-13/h3-4,6-7,13H,2,5H2,1H3/b12-7+. The zero-order chi connectivity index (χ0) is 10.4. The van der Waals surface area contributed by atoms with Gasteiger partial charge in [-0.2, -0.15) is 0 Å². The number of nitrogens with zero attached hydrogens (tertiary/aromatic N) is 1. The minimum absolute atomic E-state index is 0.587. The summed E-state index contributed by atoms with van der Waals surface area (Å²) in [4.78, 5) is 0. The Hall–Kier alpha value is -1.22. The molecule has 76 valence electrons. The van der Waals surface area contributed by atoms with Gasteiger partial charge in [0.05, 0.1) is 12.8 Å². The van der Waals surface area contributed by atoms with Crippen molar-refractivity contribution in [3.05, 3.63) is 28.8 Å². The topological polar surface area (TPSA) is 41.8 Å². The van der Waals surface area contributed by atoms with Crippen LogP contribution < -0.4 is 4.74 Å². The first-order chi connectivity index (χ1) is 6.77. The minimum Gasteiger partial charge on any atom is -0.493 e. The maximum Gasteiger partial charge on any atom is 0.128 e. The van der Waals surface area contributed by atoms with Gasteiger partial charge in [-0.1, -0.05) is 23.7 Å². The predicted octanol–water partition coefficient (Wildman–Crippen LogP) is 2.94. The second-order valence-corrected chi connectivity index (χ2v) is 3.21. The van der Waals surface area contributed by atoms with Crippen LogP contribution >= 0.6 is 11.6 Å². The van der Waals surface area contributed by atoms with E-state index in [0.29, 0.717) is 22.9 Å². The van der Waals surface area contributed by atoms with Crippen molar-refractivity contribution in [2.75, 3.05) is 6.61 Å². The molecular weight excluding hydrogens is 202 g/mol. The van der Waals surface area contributed by atoms with Crippen molar-refractivity contribution in [3.63, 3.8) is 0 Å². The summed E-state index contributed by atoms with van der Waals surface area (Å²) in [5.41, 5.74) is 0.674. The molecule has 1 aromatic carbocycles. The van der Waals surface area contributed by atoms with Gasteiger partial charge < -0.3 is 9.94 Å². The Morgan fingerprint density at radius 3 is 3.00 bits per heavy atom. The lowest BCUT2D eigenvalue weighted by Crippen LogP contribution is -1.98. The lowest BCUT2D eigenvalue weighted by molar-refractivity contribution is 0.313. The van der Waals surface area contributed by atoms with Crippen molar-refractivity contribution in [1.29, 1.82) is 0 Å². The van der Waals surface area contributed by atoms with E-state index in [1.807, 2.05) is 6.92 Å². The van der Waals surface area contributed by atoms with Crippen LogP contribution in [0.5, 0.6) is 5.75 Å². The van der Waals surface area contributed by atoms with Crippen molar-refractivity contribution >= 4 is 17.8 Å². The molecule has 0 saturated heterocycles. The molecule has 1 aromatic rings. The molecule has 0 aromatic heterocycles. The van der Waals surface area contributed by atoms with Crippen LogP contribution in [0.3, 0.4) is 0 Å². The van der Waals surface area contributed by atoms with Crippen molar-refractivity contribution in [2.24, 2.45) is 5.16 Å². The van der Waals surface area contributed by atoms with Gasteiger partial charge in [-0.15, -0.1) is 0 Å². The number of benzene rings is 1. The van der Waals surface area contributed by atoms with E-state index in [1.54, 1.807) is 18.2 Å². The van der Waals surface area contributed by atoms with E-state index in [9.17, 15) is 0 Å². The van der Waals surface area contributed by atoms with Gasteiger partial charge in [-0.25, -0.2) is 0 Å². The summed E-state index contributed by atoms with van der Waals surface area (Å²) < 4.78 is 5.43. The molecule has 0 spiro atoms. The second-order valence-electron chi connectivity index (χ2n) is 2.78. The molecule has 0 saturated carbocycles. The van der Waals surface area contributed by atoms with E-state index >= 15 is 0 Å². The van der Waals surface area contributed by atoms with Gasteiger partial charge in [0.25, 0.3) is 0 Å². The van der Waals surface area contributed by atoms with Crippen molar-refractivity contribution in [2.45, 2.75) is 13.3 Å². The fourth-order valence-corrected chi connectivity index (χ4v) is 1.21. The maximum atomic E-state index is 8.43. The van der Waals surface area contributed by atoms with E-state index in [0.717, 1.165) is 6.42 Å². The Morgan fingerprint density at radius 1 is 1.57 bits per heavy atom. The Balaban J connectivity index is 2.90. The Labute approximate surface area is 88.0 Å². The molecule has 0 aliphatic rings. The molecule has 0 fully saturated rings. The molecule has 0 heterocycles. The maximum absolute atomic E-state index is 8.43. The zero-order valence-corrected chi connectivity index (χ0v) is 8.66. The second kappa shape index (κ2) is 5.50. The number of rotatable bonds is 4. The van der Waals surface area contributed by atoms with Gasteiger partial charge in [-0.3, -0.25) is 0 Å². The van der Waals surface area contributed by atoms with E-state index in [-0.39, 0.29) is 0 Å². The van der Waals surface area contributed by atoms with Gasteiger partial charge in [0.15, 0.2) is 0 Å². The van der Waals surface area contributed by atoms with Crippen LogP contribution in [0, 0.1) is 0 Å². The Morgan fingerprint density at radius 2 is 2.36 bits per heavy atom. The van der Waals surface area contributed by atoms with Gasteiger partial charge >= 0.3 is 0 Å². The van der Waals surface area contributed by atoms with Crippen molar-refractivity contribution in [1.82, 2.24) is 0 Å². The normalized spacial score (nSPS) is 10.7. The molecule has 1 rings (SSSR count). The van der Waals surface area contributed by atoms with Crippen molar-refractivity contribution in [3.8, 4) is 5.75 Å². The molecule has 0 bridgehead atoms. The highest BCUT2D eigenvalue weighted by atomic mass is 35.5. The Bertz CT molecular complexity index is 326. The van der Waals surface area contributed by atoms with E-state index in [2.05, 4.69) is 5.16 Å². The SMILES string of the molecule is CCCOc1ccc(Cl)cc1/C=N/O. The summed E-state index contributed by atoms with van der Waals surface area (Å²) in [5, 5.41) is 12.0. The van der Waals surface area contributed by atoms with Crippen LogP contribution in [-0.2, 0) is 0 Å². The quantitative estimate of drug-likeness (QED) is 0.475. The molecule has 4 heteroatoms. The molecule has 0 atom stereocenters. The molecule has 0 aliphatic carbocycles. The van der Waals surface area contributed by atoms with E-state index < -0.39 is 0 Å². The average molecular weight is 214 g/mol. The summed E-state index contributed by atoms with van der Waals surface area (Å²) in [6.45, 7) is 2.66. The highest BCUT2D eigenvalue weighted by molar-refractivity contribution is 6.30.